The molecule has 1 fully saturated rings. The van der Waals surface area contributed by atoms with Crippen LogP contribution < -0.4 is 0 Å². The van der Waals surface area contributed by atoms with E-state index in [0.29, 0.717) is 5.41 Å². The second-order valence-corrected chi connectivity index (χ2v) is 6.52. The molecule has 0 aliphatic heterocycles. The summed E-state index contributed by atoms with van der Waals surface area (Å²) in [6.07, 6.45) is 7.02. The Balaban J connectivity index is 2.06. The first-order chi connectivity index (χ1) is 8.37. The zero-order chi connectivity index (χ0) is 13.4. The predicted octanol–water partition coefficient (Wildman–Crippen LogP) is 3.23. The topological polar surface area (TPSA) is 38.0 Å². The van der Waals surface area contributed by atoms with Crippen molar-refractivity contribution in [2.24, 2.45) is 18.4 Å². The first kappa shape index (κ1) is 13.6. The maximum absolute atomic E-state index is 10.7. The van der Waals surface area contributed by atoms with Crippen LogP contribution in [-0.4, -0.2) is 14.9 Å². The summed E-state index contributed by atoms with van der Waals surface area (Å²) >= 11 is 0. The van der Waals surface area contributed by atoms with Crippen LogP contribution in [0, 0.1) is 11.3 Å². The van der Waals surface area contributed by atoms with Crippen molar-refractivity contribution < 1.29 is 5.11 Å². The fraction of sp³-hybridized carbons (Fsp3) is 0.800. The van der Waals surface area contributed by atoms with E-state index in [-0.39, 0.29) is 0 Å². The van der Waals surface area contributed by atoms with Gasteiger partial charge < -0.3 is 5.11 Å². The van der Waals surface area contributed by atoms with Gasteiger partial charge in [0.2, 0.25) is 0 Å². The molecule has 2 rings (SSSR count). The molecule has 1 saturated carbocycles. The Morgan fingerprint density at radius 3 is 2.50 bits per heavy atom. The van der Waals surface area contributed by atoms with Gasteiger partial charge >= 0.3 is 0 Å². The summed E-state index contributed by atoms with van der Waals surface area (Å²) in [4.78, 5) is 0. The average Bonchev–Trinajstić information content (AvgIpc) is 2.77. The van der Waals surface area contributed by atoms with E-state index in [2.05, 4.69) is 25.9 Å². The van der Waals surface area contributed by atoms with Crippen LogP contribution >= 0.6 is 0 Å². The molecular weight excluding hydrogens is 224 g/mol. The van der Waals surface area contributed by atoms with E-state index in [1.54, 1.807) is 4.68 Å². The van der Waals surface area contributed by atoms with Crippen molar-refractivity contribution in [3.05, 3.63) is 18.0 Å². The van der Waals surface area contributed by atoms with Crippen molar-refractivity contribution in [3.63, 3.8) is 0 Å². The van der Waals surface area contributed by atoms with Gasteiger partial charge in [0.25, 0.3) is 0 Å². The Morgan fingerprint density at radius 1 is 1.44 bits per heavy atom. The molecule has 0 unspecified atom stereocenters. The highest BCUT2D eigenvalue weighted by Gasteiger charge is 2.40. The van der Waals surface area contributed by atoms with Crippen molar-refractivity contribution in [1.82, 2.24) is 9.78 Å². The third-order valence-corrected chi connectivity index (χ3v) is 5.02. The van der Waals surface area contributed by atoms with Gasteiger partial charge in [-0.1, -0.05) is 27.2 Å². The van der Waals surface area contributed by atoms with Crippen LogP contribution in [0.4, 0.5) is 0 Å². The van der Waals surface area contributed by atoms with E-state index in [0.717, 1.165) is 37.3 Å². The Morgan fingerprint density at radius 2 is 2.06 bits per heavy atom. The second kappa shape index (κ2) is 4.69. The molecule has 1 heterocycles. The quantitative estimate of drug-likeness (QED) is 0.894. The van der Waals surface area contributed by atoms with Crippen LogP contribution in [0.3, 0.4) is 0 Å². The Bertz CT molecular complexity index is 400. The molecule has 0 radical (unpaired) electrons. The van der Waals surface area contributed by atoms with Crippen LogP contribution in [-0.2, 0) is 12.6 Å². The van der Waals surface area contributed by atoms with E-state index < -0.39 is 5.60 Å². The van der Waals surface area contributed by atoms with Crippen molar-refractivity contribution in [2.75, 3.05) is 0 Å². The van der Waals surface area contributed by atoms with Gasteiger partial charge in [0.1, 0.15) is 5.60 Å². The molecule has 3 nitrogen and oxygen atoms in total. The average molecular weight is 250 g/mol. The number of rotatable bonds is 3. The molecule has 0 spiro atoms. The van der Waals surface area contributed by atoms with Gasteiger partial charge in [0.15, 0.2) is 0 Å². The molecule has 1 aliphatic carbocycles. The molecule has 0 amide bonds. The van der Waals surface area contributed by atoms with E-state index in [1.807, 2.05) is 19.3 Å². The van der Waals surface area contributed by atoms with E-state index >= 15 is 0 Å². The van der Waals surface area contributed by atoms with Gasteiger partial charge in [-0.25, -0.2) is 0 Å². The van der Waals surface area contributed by atoms with Gasteiger partial charge in [-0.05, 0) is 43.1 Å². The predicted molar refractivity (Wildman–Crippen MR) is 73.1 cm³/mol. The number of aromatic nitrogens is 2. The summed E-state index contributed by atoms with van der Waals surface area (Å²) < 4.78 is 1.77. The largest absolute Gasteiger partial charge is 0.383 e. The van der Waals surface area contributed by atoms with Crippen LogP contribution in [0.25, 0.3) is 0 Å². The number of aliphatic hydroxyl groups is 1. The monoisotopic (exact) mass is 250 g/mol. The smallest absolute Gasteiger partial charge is 0.108 e. The van der Waals surface area contributed by atoms with Crippen molar-refractivity contribution in [1.29, 1.82) is 0 Å². The molecule has 0 bridgehead atoms. The molecule has 1 aliphatic rings. The maximum atomic E-state index is 10.7. The standard InChI is InChI=1S/C15H26N2O/c1-5-14(2,3)12-6-9-15(18,10-7-12)13-8-11-17(4)16-13/h8,11-12,18H,5-7,9-10H2,1-4H3. The van der Waals surface area contributed by atoms with Crippen molar-refractivity contribution >= 4 is 0 Å². The zero-order valence-corrected chi connectivity index (χ0v) is 12.1. The molecular formula is C15H26N2O. The van der Waals surface area contributed by atoms with E-state index in [4.69, 9.17) is 0 Å². The lowest BCUT2D eigenvalue weighted by Gasteiger charge is -2.42. The molecule has 1 N–H and O–H groups in total. The molecule has 0 atom stereocenters. The highest BCUT2D eigenvalue weighted by molar-refractivity contribution is 5.12. The Hall–Kier alpha value is -0.830. The summed E-state index contributed by atoms with van der Waals surface area (Å²) in [6.45, 7) is 6.96. The van der Waals surface area contributed by atoms with E-state index in [1.165, 1.54) is 6.42 Å². The molecule has 3 heteroatoms. The number of nitrogens with zero attached hydrogens (tertiary/aromatic N) is 2. The van der Waals surface area contributed by atoms with Gasteiger partial charge in [0, 0.05) is 13.2 Å². The third kappa shape index (κ3) is 2.46. The lowest BCUT2D eigenvalue weighted by atomic mass is 9.66. The van der Waals surface area contributed by atoms with Gasteiger partial charge in [-0.3, -0.25) is 4.68 Å². The normalized spacial score (nSPS) is 29.5. The maximum Gasteiger partial charge on any atom is 0.108 e. The van der Waals surface area contributed by atoms with Crippen molar-refractivity contribution in [3.8, 4) is 0 Å². The van der Waals surface area contributed by atoms with Crippen LogP contribution in [0.5, 0.6) is 0 Å². The van der Waals surface area contributed by atoms with Crippen LogP contribution in [0.1, 0.15) is 58.6 Å². The molecule has 0 saturated heterocycles. The first-order valence-electron chi connectivity index (χ1n) is 7.10. The summed E-state index contributed by atoms with van der Waals surface area (Å²) in [5.41, 5.74) is 0.547. The lowest BCUT2D eigenvalue weighted by Crippen LogP contribution is -2.36. The molecule has 102 valence electrons. The highest BCUT2D eigenvalue weighted by Crippen LogP contribution is 2.46. The molecule has 0 aromatic carbocycles. The summed E-state index contributed by atoms with van der Waals surface area (Å²) in [6, 6.07) is 1.95. The number of hydrogen-bond acceptors (Lipinski definition) is 2. The Kier molecular flexibility index (Phi) is 3.54. The van der Waals surface area contributed by atoms with Crippen LogP contribution in [0.15, 0.2) is 12.3 Å². The first-order valence-corrected chi connectivity index (χ1v) is 7.10. The lowest BCUT2D eigenvalue weighted by molar-refractivity contribution is -0.0363. The van der Waals surface area contributed by atoms with Crippen molar-refractivity contribution in [2.45, 2.75) is 58.5 Å². The summed E-state index contributed by atoms with van der Waals surface area (Å²) in [7, 11) is 1.90. The molecule has 1 aromatic heterocycles. The minimum Gasteiger partial charge on any atom is -0.383 e. The number of aryl methyl sites for hydroxylation is 1. The zero-order valence-electron chi connectivity index (χ0n) is 12.1. The van der Waals surface area contributed by atoms with Crippen LogP contribution in [0.2, 0.25) is 0 Å². The molecule has 1 aromatic rings. The van der Waals surface area contributed by atoms with Gasteiger partial charge in [0.05, 0.1) is 5.69 Å². The summed E-state index contributed by atoms with van der Waals surface area (Å²) in [5, 5.41) is 15.1. The highest BCUT2D eigenvalue weighted by atomic mass is 16.3. The third-order valence-electron chi connectivity index (χ3n) is 5.02. The van der Waals surface area contributed by atoms with Gasteiger partial charge in [-0.15, -0.1) is 0 Å². The fourth-order valence-electron chi connectivity index (χ4n) is 3.08. The summed E-state index contributed by atoms with van der Waals surface area (Å²) in [5.74, 6) is 0.728. The Labute approximate surface area is 110 Å². The fourth-order valence-corrected chi connectivity index (χ4v) is 3.08. The number of hydrogen-bond donors (Lipinski definition) is 1. The molecule has 18 heavy (non-hydrogen) atoms. The second-order valence-electron chi connectivity index (χ2n) is 6.52. The van der Waals surface area contributed by atoms with E-state index in [9.17, 15) is 5.11 Å². The minimum atomic E-state index is -0.693. The SMILES string of the molecule is CCC(C)(C)C1CCC(O)(c2ccn(C)n2)CC1. The minimum absolute atomic E-state index is 0.394. The van der Waals surface area contributed by atoms with Gasteiger partial charge in [-0.2, -0.15) is 5.10 Å².